The third-order valence-corrected chi connectivity index (χ3v) is 6.61. The van der Waals surface area contributed by atoms with Crippen molar-refractivity contribution in [3.63, 3.8) is 0 Å². The smallest absolute Gasteiger partial charge is 0.315 e. The number of aliphatic hydroxyl groups excluding tert-OH is 1. The van der Waals surface area contributed by atoms with Crippen molar-refractivity contribution in [2.45, 2.75) is 105 Å². The van der Waals surface area contributed by atoms with Crippen LogP contribution < -0.4 is 0 Å². The highest BCUT2D eigenvalue weighted by Gasteiger charge is 2.56. The first-order valence-electron chi connectivity index (χ1n) is 10.2. The summed E-state index contributed by atoms with van der Waals surface area (Å²) in [5.41, 5.74) is -2.76. The van der Waals surface area contributed by atoms with Crippen molar-refractivity contribution < 1.29 is 19.7 Å². The van der Waals surface area contributed by atoms with Gasteiger partial charge in [-0.2, -0.15) is 0 Å². The number of hydrogen-bond acceptors (Lipinski definition) is 4. The summed E-state index contributed by atoms with van der Waals surface area (Å²) in [4.78, 5) is 13.5. The van der Waals surface area contributed by atoms with Gasteiger partial charge < -0.3 is 14.9 Å². The van der Waals surface area contributed by atoms with Crippen LogP contribution in [-0.2, 0) is 9.53 Å². The van der Waals surface area contributed by atoms with Crippen LogP contribution in [0.1, 0.15) is 93.4 Å². The molecule has 4 atom stereocenters. The van der Waals surface area contributed by atoms with Gasteiger partial charge >= 0.3 is 5.97 Å². The van der Waals surface area contributed by atoms with E-state index in [0.29, 0.717) is 18.8 Å². The molecule has 2 saturated carbocycles. The Morgan fingerprint density at radius 1 is 1.12 bits per heavy atom. The molecule has 0 aromatic carbocycles. The fraction of sp³-hybridized carbons (Fsp3) is 0.955. The maximum absolute atomic E-state index is 13.5. The van der Waals surface area contributed by atoms with Crippen LogP contribution in [0.2, 0.25) is 0 Å². The van der Waals surface area contributed by atoms with Crippen LogP contribution in [0.4, 0.5) is 0 Å². The van der Waals surface area contributed by atoms with Crippen molar-refractivity contribution in [1.29, 1.82) is 0 Å². The molecule has 0 spiro atoms. The van der Waals surface area contributed by atoms with E-state index in [1.807, 2.05) is 20.8 Å². The molecule has 0 aromatic heterocycles. The molecule has 2 rings (SSSR count). The highest BCUT2D eigenvalue weighted by atomic mass is 16.6. The maximum Gasteiger partial charge on any atom is 0.315 e. The molecule has 2 bridgehead atoms. The molecule has 4 heteroatoms. The highest BCUT2D eigenvalue weighted by Crippen LogP contribution is 2.53. The number of rotatable bonds is 4. The monoisotopic (exact) mass is 368 g/mol. The Balaban J connectivity index is 2.34. The summed E-state index contributed by atoms with van der Waals surface area (Å²) in [5, 5.41) is 21.3. The first kappa shape index (κ1) is 21.7. The van der Waals surface area contributed by atoms with Crippen molar-refractivity contribution in [1.82, 2.24) is 0 Å². The quantitative estimate of drug-likeness (QED) is 0.719. The van der Waals surface area contributed by atoms with Crippen molar-refractivity contribution >= 4 is 5.97 Å². The van der Waals surface area contributed by atoms with Crippen LogP contribution in [0.15, 0.2) is 0 Å². The Morgan fingerprint density at radius 3 is 2.23 bits per heavy atom. The number of fused-ring (bicyclic) bond motifs is 2. The van der Waals surface area contributed by atoms with E-state index in [9.17, 15) is 15.0 Å². The minimum atomic E-state index is -0.948. The predicted octanol–water partition coefficient (Wildman–Crippen LogP) is 4.46. The lowest BCUT2D eigenvalue weighted by atomic mass is 9.60. The van der Waals surface area contributed by atoms with Crippen LogP contribution >= 0.6 is 0 Å². The number of ether oxygens (including phenoxy) is 1. The number of carbonyl (C=O) groups excluding carboxylic acids is 1. The average molecular weight is 369 g/mol. The molecule has 2 fully saturated rings. The fourth-order valence-electron chi connectivity index (χ4n) is 5.55. The van der Waals surface area contributed by atoms with E-state index in [4.69, 9.17) is 4.74 Å². The highest BCUT2D eigenvalue weighted by molar-refractivity contribution is 5.78. The van der Waals surface area contributed by atoms with E-state index >= 15 is 0 Å². The van der Waals surface area contributed by atoms with Crippen LogP contribution in [0.3, 0.4) is 0 Å². The summed E-state index contributed by atoms with van der Waals surface area (Å²) in [6, 6.07) is 0. The Hall–Kier alpha value is -0.610. The maximum atomic E-state index is 13.5. The van der Waals surface area contributed by atoms with Gasteiger partial charge in [-0.3, -0.25) is 4.79 Å². The molecule has 0 aromatic rings. The second-order valence-corrected chi connectivity index (χ2v) is 11.6. The molecule has 2 aliphatic carbocycles. The van der Waals surface area contributed by atoms with Gasteiger partial charge in [-0.25, -0.2) is 0 Å². The summed E-state index contributed by atoms with van der Waals surface area (Å²) < 4.78 is 6.26. The van der Waals surface area contributed by atoms with Crippen molar-refractivity contribution in [3.05, 3.63) is 0 Å². The summed E-state index contributed by atoms with van der Waals surface area (Å²) in [6.07, 6.45) is 5.19. The van der Waals surface area contributed by atoms with Gasteiger partial charge in [0.25, 0.3) is 0 Å². The minimum Gasteiger partial charge on any atom is -0.458 e. The van der Waals surface area contributed by atoms with E-state index in [-0.39, 0.29) is 18.0 Å². The van der Waals surface area contributed by atoms with Gasteiger partial charge in [-0.1, -0.05) is 48.5 Å². The van der Waals surface area contributed by atoms with E-state index in [1.54, 1.807) is 0 Å². The summed E-state index contributed by atoms with van der Waals surface area (Å²) >= 11 is 0. The van der Waals surface area contributed by atoms with Crippen LogP contribution in [0.25, 0.3) is 0 Å². The van der Waals surface area contributed by atoms with E-state index in [0.717, 1.165) is 32.1 Å². The van der Waals surface area contributed by atoms with Crippen LogP contribution in [-0.4, -0.2) is 34.0 Å². The first-order chi connectivity index (χ1) is 11.7. The minimum absolute atomic E-state index is 0.111. The van der Waals surface area contributed by atoms with Gasteiger partial charge in [0.15, 0.2) is 0 Å². The van der Waals surface area contributed by atoms with Crippen molar-refractivity contribution in [3.8, 4) is 0 Å². The molecule has 0 saturated heterocycles. The molecule has 26 heavy (non-hydrogen) atoms. The van der Waals surface area contributed by atoms with E-state index in [2.05, 4.69) is 27.7 Å². The van der Waals surface area contributed by atoms with Gasteiger partial charge in [0.2, 0.25) is 0 Å². The lowest BCUT2D eigenvalue weighted by molar-refractivity contribution is -0.211. The van der Waals surface area contributed by atoms with E-state index < -0.39 is 22.0 Å². The van der Waals surface area contributed by atoms with E-state index in [1.165, 1.54) is 0 Å². The molecular formula is C22H40O4. The van der Waals surface area contributed by atoms with Gasteiger partial charge in [0.1, 0.15) is 5.60 Å². The second kappa shape index (κ2) is 6.77. The van der Waals surface area contributed by atoms with Crippen molar-refractivity contribution in [2.24, 2.45) is 22.2 Å². The molecule has 0 aliphatic heterocycles. The molecule has 4 unspecified atom stereocenters. The standard InChI is InChI=1S/C22H40O4/c1-16-11-20(25)9-8-10-21(12-16,14-20)26-17(24)22(15-23,19(5,6)7)13-18(2,3)4/h16,23,25H,8-15H2,1-7H3. The number of hydrogen-bond donors (Lipinski definition) is 2. The van der Waals surface area contributed by atoms with Crippen LogP contribution in [0.5, 0.6) is 0 Å². The molecule has 2 N–H and O–H groups in total. The molecule has 0 radical (unpaired) electrons. The molecule has 0 amide bonds. The number of esters is 1. The Labute approximate surface area is 159 Å². The lowest BCUT2D eigenvalue weighted by Gasteiger charge is -2.53. The summed E-state index contributed by atoms with van der Waals surface area (Å²) in [5.74, 6) is 0.0448. The van der Waals surface area contributed by atoms with Gasteiger partial charge in [0, 0.05) is 6.42 Å². The average Bonchev–Trinajstić information content (AvgIpc) is 2.39. The molecular weight excluding hydrogens is 328 g/mol. The van der Waals surface area contributed by atoms with Gasteiger partial charge in [-0.15, -0.1) is 0 Å². The zero-order chi connectivity index (χ0) is 20.0. The van der Waals surface area contributed by atoms with Crippen LogP contribution in [0, 0.1) is 22.2 Å². The fourth-order valence-corrected chi connectivity index (χ4v) is 5.55. The number of aliphatic hydroxyl groups is 2. The van der Waals surface area contributed by atoms with Crippen molar-refractivity contribution in [2.75, 3.05) is 6.61 Å². The zero-order valence-electron chi connectivity index (χ0n) is 17.9. The molecule has 0 heterocycles. The van der Waals surface area contributed by atoms with Gasteiger partial charge in [-0.05, 0) is 55.3 Å². The Morgan fingerprint density at radius 2 is 1.73 bits per heavy atom. The third-order valence-electron chi connectivity index (χ3n) is 6.61. The zero-order valence-corrected chi connectivity index (χ0v) is 17.9. The number of carbonyl (C=O) groups is 1. The normalized spacial score (nSPS) is 34.9. The molecule has 152 valence electrons. The lowest BCUT2D eigenvalue weighted by Crippen LogP contribution is -2.57. The Bertz CT molecular complexity index is 529. The predicted molar refractivity (Wildman–Crippen MR) is 104 cm³/mol. The summed E-state index contributed by atoms with van der Waals surface area (Å²) in [6.45, 7) is 14.2. The second-order valence-electron chi connectivity index (χ2n) is 11.6. The third kappa shape index (κ3) is 4.27. The summed E-state index contributed by atoms with van der Waals surface area (Å²) in [7, 11) is 0. The Kier molecular flexibility index (Phi) is 5.65. The topological polar surface area (TPSA) is 66.8 Å². The SMILES string of the molecule is CC1CC2(O)CCCC(OC(=O)C(CO)(CC(C)(C)C)C(C)(C)C)(C1)C2. The van der Waals surface area contributed by atoms with Gasteiger partial charge in [0.05, 0.1) is 17.6 Å². The largest absolute Gasteiger partial charge is 0.458 e. The molecule has 4 nitrogen and oxygen atoms in total. The first-order valence-corrected chi connectivity index (χ1v) is 10.2. The molecule has 2 aliphatic rings.